The van der Waals surface area contributed by atoms with Crippen molar-refractivity contribution in [2.75, 3.05) is 58.3 Å². The van der Waals surface area contributed by atoms with Crippen molar-refractivity contribution < 1.29 is 39.3 Å². The number of carbonyl (C=O) groups excluding carboxylic acids is 1. The Bertz CT molecular complexity index is 1800. The minimum Gasteiger partial charge on any atom is -0.494 e. The number of H-pyrrole nitrogens is 1. The average Bonchev–Trinajstić information content (AvgIpc) is 3.73. The van der Waals surface area contributed by atoms with E-state index in [1.54, 1.807) is 12.1 Å². The number of nitrogens with one attached hydrogen (secondary N) is 2. The lowest BCUT2D eigenvalue weighted by Gasteiger charge is -2.31. The van der Waals surface area contributed by atoms with Crippen LogP contribution in [0.25, 0.3) is 10.9 Å². The van der Waals surface area contributed by atoms with Crippen molar-refractivity contribution in [3.05, 3.63) is 83.9 Å². The number of aromatic nitrogens is 1. The molecule has 0 spiro atoms. The molecule has 250 valence electrons. The number of likely N-dealkylation sites (N-methyl/N-ethyl adjacent to an activating group) is 1. The van der Waals surface area contributed by atoms with Gasteiger partial charge >= 0.3 is 7.12 Å². The lowest BCUT2D eigenvalue weighted by Crippen LogP contribution is -2.47. The van der Waals surface area contributed by atoms with Gasteiger partial charge in [-0.3, -0.25) is 9.69 Å². The molecular formula is C34H38BN5O8. The van der Waals surface area contributed by atoms with Gasteiger partial charge in [0.2, 0.25) is 11.7 Å². The number of ether oxygens (including phenoxy) is 1. The highest BCUT2D eigenvalue weighted by Crippen LogP contribution is 2.40. The Hall–Kier alpha value is -4.12. The van der Waals surface area contributed by atoms with Crippen LogP contribution in [0.1, 0.15) is 11.1 Å². The third kappa shape index (κ3) is 6.24. The molecule has 0 radical (unpaired) electrons. The Kier molecular flexibility index (Phi) is 9.07. The van der Waals surface area contributed by atoms with Gasteiger partial charge in [0.05, 0.1) is 36.7 Å². The molecule has 14 heteroatoms. The molecule has 4 aromatic rings. The smallest absolute Gasteiger partial charge is 0.494 e. The fraction of sp³-hybridized carbons (Fsp3) is 0.353. The summed E-state index contributed by atoms with van der Waals surface area (Å²) < 4.78 is 17.6. The van der Waals surface area contributed by atoms with E-state index in [9.17, 15) is 25.2 Å². The number of piperazine rings is 1. The minimum absolute atomic E-state index is 0.0648. The highest BCUT2D eigenvalue weighted by molar-refractivity contribution is 6.62. The van der Waals surface area contributed by atoms with Crippen molar-refractivity contribution in [3.8, 4) is 5.88 Å². The molecule has 48 heavy (non-hydrogen) atoms. The number of carbonyl (C=O) groups is 1. The molecule has 3 fully saturated rings. The molecule has 0 aliphatic carbocycles. The molecule has 3 aliphatic heterocycles. The number of rotatable bonds is 9. The number of aliphatic hydroxyl groups is 3. The second-order valence-electron chi connectivity index (χ2n) is 12.5. The normalized spacial score (nSPS) is 25.1. The number of amides is 1. The van der Waals surface area contributed by atoms with Crippen molar-refractivity contribution in [2.24, 2.45) is 4.99 Å². The molecule has 1 amide bonds. The standard InChI is InChI=1S/C34H38BN5O8/c1-39-13-15-40(16-14-39)18-28(43)36-23-8-10-24(11-9-23)37-30(21-5-3-2-4-6-21)29-25-12-7-22(17-26(25)38-33(29)45)35-47-32-31(44)27(19-41)46-34(32,20-42)48-35/h2-12,17,27,31-32,38,41-42,44-45H,13-16,18-20H2,1H3,(H,36,43)/t27-,31-,32+,34-/m1/s1. The number of hydrogen-bond acceptors (Lipinski definition) is 11. The van der Waals surface area contributed by atoms with E-state index in [2.05, 4.69) is 27.1 Å². The molecular weight excluding hydrogens is 617 g/mol. The van der Waals surface area contributed by atoms with E-state index < -0.39 is 44.4 Å². The number of aromatic hydroxyl groups is 1. The number of aliphatic imine (C=N–C) groups is 1. The summed E-state index contributed by atoms with van der Waals surface area (Å²) in [5.74, 6) is -1.75. The fourth-order valence-electron chi connectivity index (χ4n) is 6.53. The van der Waals surface area contributed by atoms with Crippen molar-refractivity contribution in [3.63, 3.8) is 0 Å². The zero-order valence-corrected chi connectivity index (χ0v) is 26.5. The van der Waals surface area contributed by atoms with Crippen molar-refractivity contribution >= 4 is 46.5 Å². The van der Waals surface area contributed by atoms with Crippen LogP contribution in [0.4, 0.5) is 11.4 Å². The molecule has 3 aliphatic rings. The maximum Gasteiger partial charge on any atom is 0.496 e. The first kappa shape index (κ1) is 32.4. The van der Waals surface area contributed by atoms with Crippen LogP contribution < -0.4 is 10.8 Å². The van der Waals surface area contributed by atoms with Crippen molar-refractivity contribution in [1.82, 2.24) is 14.8 Å². The quantitative estimate of drug-likeness (QED) is 0.112. The second-order valence-corrected chi connectivity index (χ2v) is 12.5. The third-order valence-electron chi connectivity index (χ3n) is 9.17. The molecule has 6 N–H and O–H groups in total. The number of aromatic amines is 1. The van der Waals surface area contributed by atoms with E-state index in [1.807, 2.05) is 60.7 Å². The summed E-state index contributed by atoms with van der Waals surface area (Å²) in [6.45, 7) is 2.93. The number of benzene rings is 3. The van der Waals surface area contributed by atoms with Gasteiger partial charge in [-0.1, -0.05) is 42.5 Å². The Morgan fingerprint density at radius 3 is 2.50 bits per heavy atom. The Morgan fingerprint density at radius 1 is 1.06 bits per heavy atom. The van der Waals surface area contributed by atoms with E-state index in [0.717, 1.165) is 31.7 Å². The monoisotopic (exact) mass is 655 g/mol. The predicted molar refractivity (Wildman–Crippen MR) is 180 cm³/mol. The molecule has 4 atom stereocenters. The van der Waals surface area contributed by atoms with Crippen LogP contribution in [0.3, 0.4) is 0 Å². The number of nitrogens with zero attached hydrogens (tertiary/aromatic N) is 3. The first-order chi connectivity index (χ1) is 23.3. The summed E-state index contributed by atoms with van der Waals surface area (Å²) in [5.41, 5.74) is 4.26. The molecule has 0 bridgehead atoms. The largest absolute Gasteiger partial charge is 0.496 e. The van der Waals surface area contributed by atoms with Gasteiger partial charge in [0, 0.05) is 48.3 Å². The number of hydrogen-bond donors (Lipinski definition) is 6. The van der Waals surface area contributed by atoms with Gasteiger partial charge in [-0.05, 0) is 42.8 Å². The summed E-state index contributed by atoms with van der Waals surface area (Å²) >= 11 is 0. The summed E-state index contributed by atoms with van der Waals surface area (Å²) in [6.07, 6.45) is -3.12. The van der Waals surface area contributed by atoms with Crippen LogP contribution in [0, 0.1) is 0 Å². The first-order valence-electron chi connectivity index (χ1n) is 16.0. The van der Waals surface area contributed by atoms with Crippen LogP contribution in [0.2, 0.25) is 0 Å². The predicted octanol–water partition coefficient (Wildman–Crippen LogP) is 0.780. The average molecular weight is 656 g/mol. The van der Waals surface area contributed by atoms with E-state index >= 15 is 0 Å². The molecule has 0 unspecified atom stereocenters. The maximum absolute atomic E-state index is 12.7. The van der Waals surface area contributed by atoms with Gasteiger partial charge in [0.25, 0.3) is 0 Å². The number of anilines is 1. The SMILES string of the molecule is CN1CCN(CC(=O)Nc2ccc(N=C(c3ccccc3)c3c(O)[nH]c4cc(B5O[C@H]6[C@H](O)[C@@H](CO)O[C@]6(CO)O5)ccc34)cc2)CC1. The van der Waals surface area contributed by atoms with Crippen LogP contribution in [-0.4, -0.2) is 131 Å². The topological polar surface area (TPSA) is 172 Å². The first-order valence-corrected chi connectivity index (χ1v) is 16.0. The van der Waals surface area contributed by atoms with Gasteiger partial charge in [-0.25, -0.2) is 4.99 Å². The molecule has 3 aromatic carbocycles. The summed E-state index contributed by atoms with van der Waals surface area (Å²) in [4.78, 5) is 25.1. The lowest BCUT2D eigenvalue weighted by atomic mass is 9.78. The van der Waals surface area contributed by atoms with Crippen LogP contribution >= 0.6 is 0 Å². The number of fused-ring (bicyclic) bond motifs is 2. The van der Waals surface area contributed by atoms with Crippen LogP contribution in [0.5, 0.6) is 5.88 Å². The second kappa shape index (κ2) is 13.4. The third-order valence-corrected chi connectivity index (χ3v) is 9.17. The molecule has 4 heterocycles. The van der Waals surface area contributed by atoms with E-state index in [-0.39, 0.29) is 11.8 Å². The molecule has 0 saturated carbocycles. The number of aliphatic hydroxyl groups excluding tert-OH is 3. The van der Waals surface area contributed by atoms with Crippen molar-refractivity contribution in [1.29, 1.82) is 0 Å². The van der Waals surface area contributed by atoms with E-state index in [1.165, 1.54) is 0 Å². The Labute approximate surface area is 277 Å². The Morgan fingerprint density at radius 2 is 1.81 bits per heavy atom. The van der Waals surface area contributed by atoms with Gasteiger partial charge < -0.3 is 49.7 Å². The van der Waals surface area contributed by atoms with Gasteiger partial charge in [-0.2, -0.15) is 0 Å². The molecule has 7 rings (SSSR count). The van der Waals surface area contributed by atoms with Gasteiger partial charge in [0.1, 0.15) is 18.3 Å². The molecule has 1 aromatic heterocycles. The summed E-state index contributed by atoms with van der Waals surface area (Å²) in [6, 6.07) is 22.1. The zero-order valence-electron chi connectivity index (χ0n) is 26.5. The van der Waals surface area contributed by atoms with Crippen molar-refractivity contribution in [2.45, 2.75) is 24.1 Å². The van der Waals surface area contributed by atoms with E-state index in [4.69, 9.17) is 19.0 Å². The summed E-state index contributed by atoms with van der Waals surface area (Å²) in [5, 5.41) is 45.0. The maximum atomic E-state index is 12.7. The minimum atomic E-state index is -1.61. The molecule has 3 saturated heterocycles. The van der Waals surface area contributed by atoms with Crippen LogP contribution in [-0.2, 0) is 18.8 Å². The highest BCUT2D eigenvalue weighted by Gasteiger charge is 2.63. The van der Waals surface area contributed by atoms with Gasteiger partial charge in [0.15, 0.2) is 5.88 Å². The van der Waals surface area contributed by atoms with E-state index in [0.29, 0.717) is 45.6 Å². The molecule has 13 nitrogen and oxygen atoms in total. The fourth-order valence-corrected chi connectivity index (χ4v) is 6.53. The van der Waals surface area contributed by atoms with Crippen LogP contribution in [0.15, 0.2) is 77.8 Å². The van der Waals surface area contributed by atoms with Gasteiger partial charge in [-0.15, -0.1) is 0 Å². The zero-order chi connectivity index (χ0) is 33.4. The lowest BCUT2D eigenvalue weighted by molar-refractivity contribution is -0.202. The summed E-state index contributed by atoms with van der Waals surface area (Å²) in [7, 11) is 1.11. The highest BCUT2D eigenvalue weighted by atomic mass is 16.8. The Balaban J connectivity index is 1.14.